The molecule has 28 heavy (non-hydrogen) atoms. The van der Waals surface area contributed by atoms with Crippen molar-refractivity contribution in [1.29, 1.82) is 0 Å². The van der Waals surface area contributed by atoms with Gasteiger partial charge in [0.15, 0.2) is 5.16 Å². The van der Waals surface area contributed by atoms with Crippen molar-refractivity contribution in [3.8, 4) is 11.1 Å². The van der Waals surface area contributed by atoms with Gasteiger partial charge in [0, 0.05) is 30.2 Å². The van der Waals surface area contributed by atoms with Crippen LogP contribution in [-0.4, -0.2) is 35.8 Å². The lowest BCUT2D eigenvalue weighted by Crippen LogP contribution is -2.24. The number of aromatic nitrogens is 3. The van der Waals surface area contributed by atoms with Gasteiger partial charge >= 0.3 is 0 Å². The van der Waals surface area contributed by atoms with Gasteiger partial charge in [0.1, 0.15) is 5.65 Å². The molecule has 3 aromatic rings. The first-order valence-corrected chi connectivity index (χ1v) is 11.6. The maximum absolute atomic E-state index is 13.1. The van der Waals surface area contributed by atoms with Gasteiger partial charge in [0.05, 0.1) is 4.90 Å². The Morgan fingerprint density at radius 1 is 1.18 bits per heavy atom. The third kappa shape index (κ3) is 3.69. The fourth-order valence-electron chi connectivity index (χ4n) is 3.11. The van der Waals surface area contributed by atoms with Gasteiger partial charge in [-0.05, 0) is 49.4 Å². The van der Waals surface area contributed by atoms with Crippen LogP contribution in [0.5, 0.6) is 0 Å². The maximum Gasteiger partial charge on any atom is 0.260 e. The van der Waals surface area contributed by atoms with E-state index >= 15 is 0 Å². The molecule has 0 amide bonds. The van der Waals surface area contributed by atoms with Gasteiger partial charge in [-0.15, -0.1) is 0 Å². The lowest BCUT2D eigenvalue weighted by atomic mass is 10.0. The van der Waals surface area contributed by atoms with Crippen LogP contribution in [0.25, 0.3) is 22.2 Å². The molecule has 2 heterocycles. The van der Waals surface area contributed by atoms with E-state index in [0.29, 0.717) is 40.6 Å². The topological polar surface area (TPSA) is 93.9 Å². The average Bonchev–Trinajstić information content (AvgIpc) is 2.67. The highest BCUT2D eigenvalue weighted by Crippen LogP contribution is 2.26. The molecule has 148 valence electrons. The third-order valence-electron chi connectivity index (χ3n) is 4.44. The van der Waals surface area contributed by atoms with Crippen molar-refractivity contribution in [3.05, 3.63) is 46.4 Å². The molecule has 1 aromatic carbocycles. The molecule has 0 bridgehead atoms. The first kappa shape index (κ1) is 20.5. The zero-order chi connectivity index (χ0) is 20.5. The molecule has 0 atom stereocenters. The van der Waals surface area contributed by atoms with E-state index in [1.165, 1.54) is 17.8 Å². The van der Waals surface area contributed by atoms with E-state index in [1.807, 2.05) is 13.2 Å². The molecule has 0 saturated heterocycles. The molecule has 0 fully saturated rings. The highest BCUT2D eigenvalue weighted by molar-refractivity contribution is 7.98. The molecule has 0 unspecified atom stereocenters. The van der Waals surface area contributed by atoms with E-state index in [9.17, 15) is 13.2 Å². The standard InChI is InChI=1S/C19H22N4O3S2/c1-5-21-28(25,26)14-7-8-15(12(3)9-14)16-10-13-11-20-19(27-4)22-17(13)23(6-2)18(16)24/h7-11,21H,5-6H2,1-4H3. The Bertz CT molecular complexity index is 1200. The van der Waals surface area contributed by atoms with Crippen molar-refractivity contribution in [2.45, 2.75) is 37.4 Å². The Labute approximate surface area is 168 Å². The highest BCUT2D eigenvalue weighted by atomic mass is 32.2. The molecule has 0 spiro atoms. The van der Waals surface area contributed by atoms with Crippen molar-refractivity contribution < 1.29 is 8.42 Å². The molecular formula is C19H22N4O3S2. The van der Waals surface area contributed by atoms with Crippen LogP contribution in [0.4, 0.5) is 0 Å². The Hall–Kier alpha value is -2.23. The van der Waals surface area contributed by atoms with Crippen LogP contribution in [0, 0.1) is 6.92 Å². The fourth-order valence-corrected chi connectivity index (χ4v) is 4.57. The lowest BCUT2D eigenvalue weighted by molar-refractivity contribution is 0.584. The van der Waals surface area contributed by atoms with Crippen LogP contribution < -0.4 is 10.3 Å². The monoisotopic (exact) mass is 418 g/mol. The molecule has 3 rings (SSSR count). The molecule has 0 radical (unpaired) electrons. The number of nitrogens with zero attached hydrogens (tertiary/aromatic N) is 3. The number of aryl methyl sites for hydroxylation is 2. The number of fused-ring (bicyclic) bond motifs is 1. The third-order valence-corrected chi connectivity index (χ3v) is 6.54. The van der Waals surface area contributed by atoms with Crippen molar-refractivity contribution in [2.24, 2.45) is 0 Å². The van der Waals surface area contributed by atoms with E-state index in [1.54, 1.807) is 42.8 Å². The van der Waals surface area contributed by atoms with Crippen molar-refractivity contribution >= 4 is 32.8 Å². The lowest BCUT2D eigenvalue weighted by Gasteiger charge is -2.13. The number of pyridine rings is 1. The summed E-state index contributed by atoms with van der Waals surface area (Å²) in [5, 5.41) is 1.37. The second-order valence-electron chi connectivity index (χ2n) is 6.22. The molecule has 9 heteroatoms. The van der Waals surface area contributed by atoms with Gasteiger partial charge in [-0.25, -0.2) is 23.1 Å². The van der Waals surface area contributed by atoms with Gasteiger partial charge in [-0.1, -0.05) is 24.8 Å². The van der Waals surface area contributed by atoms with E-state index in [0.717, 1.165) is 5.39 Å². The van der Waals surface area contributed by atoms with E-state index in [-0.39, 0.29) is 10.5 Å². The smallest absolute Gasteiger partial charge is 0.260 e. The van der Waals surface area contributed by atoms with Crippen LogP contribution in [-0.2, 0) is 16.6 Å². The van der Waals surface area contributed by atoms with Crippen molar-refractivity contribution in [3.63, 3.8) is 0 Å². The molecule has 0 aliphatic heterocycles. The zero-order valence-electron chi connectivity index (χ0n) is 16.2. The van der Waals surface area contributed by atoms with Crippen LogP contribution in [0.2, 0.25) is 0 Å². The van der Waals surface area contributed by atoms with Crippen LogP contribution in [0.15, 0.2) is 45.3 Å². The van der Waals surface area contributed by atoms with Gasteiger partial charge in [-0.2, -0.15) is 0 Å². The molecule has 0 saturated carbocycles. The SMILES string of the molecule is CCNS(=O)(=O)c1ccc(-c2cc3cnc(SC)nc3n(CC)c2=O)c(C)c1. The Morgan fingerprint density at radius 3 is 2.54 bits per heavy atom. The number of thioether (sulfide) groups is 1. The Morgan fingerprint density at radius 2 is 1.93 bits per heavy atom. The maximum atomic E-state index is 13.1. The van der Waals surface area contributed by atoms with Crippen molar-refractivity contribution in [1.82, 2.24) is 19.3 Å². The van der Waals surface area contributed by atoms with E-state index < -0.39 is 10.0 Å². The summed E-state index contributed by atoms with van der Waals surface area (Å²) in [6, 6.07) is 6.56. The van der Waals surface area contributed by atoms with Gasteiger partial charge in [0.2, 0.25) is 10.0 Å². The highest BCUT2D eigenvalue weighted by Gasteiger charge is 2.17. The number of nitrogens with one attached hydrogen (secondary N) is 1. The summed E-state index contributed by atoms with van der Waals surface area (Å²) in [5.41, 5.74) is 2.34. The first-order valence-electron chi connectivity index (χ1n) is 8.87. The van der Waals surface area contributed by atoms with Crippen LogP contribution in [0.1, 0.15) is 19.4 Å². The molecule has 1 N–H and O–H groups in total. The minimum atomic E-state index is -3.55. The predicted molar refractivity (Wildman–Crippen MR) is 112 cm³/mol. The summed E-state index contributed by atoms with van der Waals surface area (Å²) in [4.78, 5) is 22.1. The molecule has 7 nitrogen and oxygen atoms in total. The van der Waals surface area contributed by atoms with Gasteiger partial charge in [-0.3, -0.25) is 9.36 Å². The number of hydrogen-bond donors (Lipinski definition) is 1. The normalized spacial score (nSPS) is 11.9. The van der Waals surface area contributed by atoms with Crippen LogP contribution in [0.3, 0.4) is 0 Å². The summed E-state index contributed by atoms with van der Waals surface area (Å²) < 4.78 is 28.6. The Balaban J connectivity index is 2.22. The molecular weight excluding hydrogens is 396 g/mol. The molecule has 0 aliphatic carbocycles. The largest absolute Gasteiger partial charge is 0.292 e. The van der Waals surface area contributed by atoms with Gasteiger partial charge < -0.3 is 0 Å². The number of rotatable bonds is 6. The first-order chi connectivity index (χ1) is 13.3. The summed E-state index contributed by atoms with van der Waals surface area (Å²) >= 11 is 1.42. The number of benzene rings is 1. The molecule has 2 aromatic heterocycles. The number of sulfonamides is 1. The average molecular weight is 419 g/mol. The Kier molecular flexibility index (Phi) is 5.87. The summed E-state index contributed by atoms with van der Waals surface area (Å²) in [7, 11) is -3.55. The minimum Gasteiger partial charge on any atom is -0.292 e. The summed E-state index contributed by atoms with van der Waals surface area (Å²) in [6.07, 6.45) is 3.60. The number of hydrogen-bond acceptors (Lipinski definition) is 6. The second kappa shape index (κ2) is 8.02. The van der Waals surface area contributed by atoms with E-state index in [2.05, 4.69) is 14.7 Å². The molecule has 0 aliphatic rings. The second-order valence-corrected chi connectivity index (χ2v) is 8.76. The van der Waals surface area contributed by atoms with Crippen LogP contribution >= 0.6 is 11.8 Å². The summed E-state index contributed by atoms with van der Waals surface area (Å²) in [6.45, 7) is 6.20. The fraction of sp³-hybridized carbons (Fsp3) is 0.316. The summed E-state index contributed by atoms with van der Waals surface area (Å²) in [5.74, 6) is 0. The van der Waals surface area contributed by atoms with Crippen molar-refractivity contribution in [2.75, 3.05) is 12.8 Å². The quantitative estimate of drug-likeness (QED) is 0.489. The van der Waals surface area contributed by atoms with E-state index in [4.69, 9.17) is 0 Å². The zero-order valence-corrected chi connectivity index (χ0v) is 17.8. The predicted octanol–water partition coefficient (Wildman–Crippen LogP) is 2.81. The van der Waals surface area contributed by atoms with Gasteiger partial charge in [0.25, 0.3) is 5.56 Å². The minimum absolute atomic E-state index is 0.161.